The van der Waals surface area contributed by atoms with E-state index < -0.39 is 39.9 Å². The van der Waals surface area contributed by atoms with E-state index in [-0.39, 0.29) is 5.92 Å². The molecule has 0 fully saturated rings. The van der Waals surface area contributed by atoms with Gasteiger partial charge in [0.2, 0.25) is 11.7 Å². The Morgan fingerprint density at radius 2 is 2.00 bits per heavy atom. The van der Waals surface area contributed by atoms with Crippen molar-refractivity contribution in [2.24, 2.45) is 11.7 Å². The van der Waals surface area contributed by atoms with Gasteiger partial charge in [-0.25, -0.2) is 4.39 Å². The van der Waals surface area contributed by atoms with Crippen LogP contribution in [0.15, 0.2) is 12.1 Å². The van der Waals surface area contributed by atoms with Gasteiger partial charge in [-0.2, -0.15) is 4.39 Å². The summed E-state index contributed by atoms with van der Waals surface area (Å²) < 4.78 is 26.5. The Balaban J connectivity index is 3.26. The summed E-state index contributed by atoms with van der Waals surface area (Å²) in [7, 11) is 0. The molecule has 0 heterocycles. The van der Waals surface area contributed by atoms with Crippen LogP contribution in [0.1, 0.15) is 13.8 Å². The Bertz CT molecular complexity index is 520. The molecule has 0 spiro atoms. The van der Waals surface area contributed by atoms with E-state index in [2.05, 4.69) is 5.32 Å². The molecular weight excluding hydrogens is 260 g/mol. The maximum Gasteiger partial charge on any atom is 0.327 e. The number of hydrogen-bond donors (Lipinski definition) is 2. The molecule has 0 radical (unpaired) electrons. The number of rotatable bonds is 5. The zero-order chi connectivity index (χ0) is 14.7. The highest BCUT2D eigenvalue weighted by molar-refractivity contribution is 5.84. The molecule has 6 nitrogen and oxygen atoms in total. The van der Waals surface area contributed by atoms with Crippen LogP contribution in [0.4, 0.5) is 20.2 Å². The molecule has 1 atom stereocenters. The SMILES string of the molecule is CC(C)C(Nc1cc(F)cc(F)c1[N+](=O)[O-])C(N)=O. The van der Waals surface area contributed by atoms with E-state index in [1.54, 1.807) is 13.8 Å². The molecule has 0 bridgehead atoms. The van der Waals surface area contributed by atoms with Crippen molar-refractivity contribution in [1.82, 2.24) is 0 Å². The van der Waals surface area contributed by atoms with Crippen molar-refractivity contribution >= 4 is 17.3 Å². The van der Waals surface area contributed by atoms with E-state index in [1.807, 2.05) is 0 Å². The molecule has 1 amide bonds. The predicted octanol–water partition coefficient (Wildman–Crippen LogP) is 1.79. The first-order chi connectivity index (χ1) is 8.73. The summed E-state index contributed by atoms with van der Waals surface area (Å²) in [5.74, 6) is -3.38. The third kappa shape index (κ3) is 3.36. The zero-order valence-electron chi connectivity index (χ0n) is 10.3. The van der Waals surface area contributed by atoms with Crippen LogP contribution in [0.2, 0.25) is 0 Å². The van der Waals surface area contributed by atoms with E-state index in [0.717, 1.165) is 6.07 Å². The third-order valence-electron chi connectivity index (χ3n) is 2.49. The smallest absolute Gasteiger partial charge is 0.327 e. The molecule has 1 aromatic carbocycles. The van der Waals surface area contributed by atoms with Crippen LogP contribution in [0.3, 0.4) is 0 Å². The highest BCUT2D eigenvalue weighted by Gasteiger charge is 2.27. The summed E-state index contributed by atoms with van der Waals surface area (Å²) >= 11 is 0. The lowest BCUT2D eigenvalue weighted by Gasteiger charge is -2.20. The summed E-state index contributed by atoms with van der Waals surface area (Å²) in [6.07, 6.45) is 0. The number of nitrogens with one attached hydrogen (secondary N) is 1. The topological polar surface area (TPSA) is 98.3 Å². The lowest BCUT2D eigenvalue weighted by atomic mass is 10.0. The summed E-state index contributed by atoms with van der Waals surface area (Å²) in [6.45, 7) is 3.29. The molecule has 1 rings (SSSR count). The van der Waals surface area contributed by atoms with Crippen molar-refractivity contribution in [3.8, 4) is 0 Å². The number of primary amides is 1. The lowest BCUT2D eigenvalue weighted by molar-refractivity contribution is -0.386. The van der Waals surface area contributed by atoms with Crippen LogP contribution in [-0.4, -0.2) is 16.9 Å². The molecule has 8 heteroatoms. The number of nitro groups is 1. The molecule has 0 aliphatic rings. The van der Waals surface area contributed by atoms with Gasteiger partial charge in [-0.05, 0) is 5.92 Å². The number of benzene rings is 1. The van der Waals surface area contributed by atoms with Gasteiger partial charge in [0, 0.05) is 12.1 Å². The highest BCUT2D eigenvalue weighted by atomic mass is 19.1. The Morgan fingerprint density at radius 3 is 2.42 bits per heavy atom. The molecule has 3 N–H and O–H groups in total. The molecule has 1 unspecified atom stereocenters. The van der Waals surface area contributed by atoms with Crippen LogP contribution in [-0.2, 0) is 4.79 Å². The number of nitrogens with two attached hydrogens (primary N) is 1. The van der Waals surface area contributed by atoms with Crippen LogP contribution in [0.5, 0.6) is 0 Å². The summed E-state index contributed by atoms with van der Waals surface area (Å²) in [4.78, 5) is 21.0. The number of amides is 1. The lowest BCUT2D eigenvalue weighted by Crippen LogP contribution is -2.39. The Labute approximate surface area is 107 Å². The minimum absolute atomic E-state index is 0.302. The number of hydrogen-bond acceptors (Lipinski definition) is 4. The van der Waals surface area contributed by atoms with Crippen LogP contribution in [0.25, 0.3) is 0 Å². The average molecular weight is 273 g/mol. The van der Waals surface area contributed by atoms with Crippen molar-refractivity contribution in [2.75, 3.05) is 5.32 Å². The average Bonchev–Trinajstić information content (AvgIpc) is 2.23. The van der Waals surface area contributed by atoms with Gasteiger partial charge in [-0.1, -0.05) is 13.8 Å². The first-order valence-electron chi connectivity index (χ1n) is 5.43. The third-order valence-corrected chi connectivity index (χ3v) is 2.49. The summed E-state index contributed by atoms with van der Waals surface area (Å²) in [5, 5.41) is 13.2. The van der Waals surface area contributed by atoms with E-state index >= 15 is 0 Å². The van der Waals surface area contributed by atoms with E-state index in [9.17, 15) is 23.7 Å². The zero-order valence-corrected chi connectivity index (χ0v) is 10.3. The fourth-order valence-corrected chi connectivity index (χ4v) is 1.60. The number of nitro benzene ring substituents is 1. The molecule has 0 saturated heterocycles. The van der Waals surface area contributed by atoms with E-state index in [0.29, 0.717) is 6.07 Å². The Kier molecular flexibility index (Phi) is 4.36. The van der Waals surface area contributed by atoms with Gasteiger partial charge in [-0.3, -0.25) is 14.9 Å². The van der Waals surface area contributed by atoms with Crippen molar-refractivity contribution in [2.45, 2.75) is 19.9 Å². The molecule has 0 aliphatic heterocycles. The van der Waals surface area contributed by atoms with Gasteiger partial charge in [0.25, 0.3) is 0 Å². The van der Waals surface area contributed by atoms with Gasteiger partial charge in [0.05, 0.1) is 4.92 Å². The quantitative estimate of drug-likeness (QED) is 0.631. The van der Waals surface area contributed by atoms with Crippen molar-refractivity contribution in [1.29, 1.82) is 0 Å². The molecular formula is C11H13F2N3O3. The first-order valence-corrected chi connectivity index (χ1v) is 5.43. The summed E-state index contributed by atoms with van der Waals surface area (Å²) in [6, 6.07) is 0.178. The number of carbonyl (C=O) groups is 1. The molecule has 19 heavy (non-hydrogen) atoms. The normalized spacial score (nSPS) is 12.3. The minimum Gasteiger partial charge on any atom is -0.368 e. The monoisotopic (exact) mass is 273 g/mol. The number of halogens is 2. The number of carbonyl (C=O) groups excluding carboxylic acids is 1. The highest BCUT2D eigenvalue weighted by Crippen LogP contribution is 2.30. The second-order valence-electron chi connectivity index (χ2n) is 4.31. The van der Waals surface area contributed by atoms with Crippen molar-refractivity contribution in [3.63, 3.8) is 0 Å². The van der Waals surface area contributed by atoms with Crippen molar-refractivity contribution < 1.29 is 18.5 Å². The Hall–Kier alpha value is -2.25. The fraction of sp³-hybridized carbons (Fsp3) is 0.364. The maximum absolute atomic E-state index is 13.4. The van der Waals surface area contributed by atoms with E-state index in [4.69, 9.17) is 5.73 Å². The maximum atomic E-state index is 13.4. The first kappa shape index (κ1) is 14.8. The molecule has 104 valence electrons. The predicted molar refractivity (Wildman–Crippen MR) is 64.5 cm³/mol. The standard InChI is InChI=1S/C11H13F2N3O3/c1-5(2)9(11(14)17)15-8-4-6(12)3-7(13)10(8)16(18)19/h3-5,9,15H,1-2H3,(H2,14,17). The van der Waals surface area contributed by atoms with Gasteiger partial charge in [-0.15, -0.1) is 0 Å². The minimum atomic E-state index is -1.32. The van der Waals surface area contributed by atoms with Gasteiger partial charge in [0.1, 0.15) is 17.5 Å². The summed E-state index contributed by atoms with van der Waals surface area (Å²) in [5.41, 5.74) is 3.79. The second kappa shape index (κ2) is 5.59. The molecule has 0 aliphatic carbocycles. The number of nitrogens with zero attached hydrogens (tertiary/aromatic N) is 1. The molecule has 0 aromatic heterocycles. The fourth-order valence-electron chi connectivity index (χ4n) is 1.60. The molecule has 0 saturated carbocycles. The largest absolute Gasteiger partial charge is 0.368 e. The van der Waals surface area contributed by atoms with Gasteiger partial charge < -0.3 is 11.1 Å². The van der Waals surface area contributed by atoms with Crippen LogP contribution >= 0.6 is 0 Å². The van der Waals surface area contributed by atoms with Crippen LogP contribution in [0, 0.1) is 27.7 Å². The van der Waals surface area contributed by atoms with Crippen LogP contribution < -0.4 is 11.1 Å². The van der Waals surface area contributed by atoms with Crippen molar-refractivity contribution in [3.05, 3.63) is 33.9 Å². The Morgan fingerprint density at radius 1 is 1.42 bits per heavy atom. The molecule has 1 aromatic rings. The number of anilines is 1. The second-order valence-corrected chi connectivity index (χ2v) is 4.31. The van der Waals surface area contributed by atoms with Gasteiger partial charge in [0.15, 0.2) is 0 Å². The van der Waals surface area contributed by atoms with Gasteiger partial charge >= 0.3 is 5.69 Å². The van der Waals surface area contributed by atoms with E-state index in [1.165, 1.54) is 0 Å².